The molecular weight excluding hydrogens is 525 g/mol. The Kier molecular flexibility index (Phi) is 5.54. The van der Waals surface area contributed by atoms with Gasteiger partial charge in [-0.3, -0.25) is 20.2 Å². The smallest absolute Gasteiger partial charge is 0.328 e. The number of barbiturate groups is 1. The van der Waals surface area contributed by atoms with Gasteiger partial charge in [0.2, 0.25) is 17.4 Å². The first kappa shape index (κ1) is 24.8. The number of nitrogens with zero attached hydrogens (tertiary/aromatic N) is 5. The Labute approximate surface area is 227 Å². The van der Waals surface area contributed by atoms with Gasteiger partial charge in [0, 0.05) is 26.1 Å². The highest BCUT2D eigenvalue weighted by molar-refractivity contribution is 6.20. The molecule has 7 rings (SSSR count). The van der Waals surface area contributed by atoms with E-state index in [4.69, 9.17) is 14.0 Å². The van der Waals surface area contributed by atoms with E-state index in [2.05, 4.69) is 30.7 Å². The van der Waals surface area contributed by atoms with E-state index < -0.39 is 41.2 Å². The molecule has 3 atom stereocenters. The molecule has 0 bridgehead atoms. The van der Waals surface area contributed by atoms with Crippen LogP contribution < -0.4 is 20.4 Å². The molecule has 6 heterocycles. The molecule has 13 nitrogen and oxygen atoms in total. The molecule has 2 N–H and O–H groups in total. The van der Waals surface area contributed by atoms with Crippen molar-refractivity contribution in [2.75, 3.05) is 42.6 Å². The number of imide groups is 2. The Morgan fingerprint density at radius 3 is 2.52 bits per heavy atom. The van der Waals surface area contributed by atoms with Crippen molar-refractivity contribution in [1.29, 1.82) is 0 Å². The van der Waals surface area contributed by atoms with E-state index in [1.54, 1.807) is 30.3 Å². The van der Waals surface area contributed by atoms with Crippen molar-refractivity contribution < 1.29 is 32.8 Å². The third-order valence-corrected chi connectivity index (χ3v) is 8.18. The minimum absolute atomic E-state index is 0.0676. The summed E-state index contributed by atoms with van der Waals surface area (Å²) in [7, 11) is 0. The second kappa shape index (κ2) is 8.93. The summed E-state index contributed by atoms with van der Waals surface area (Å²) in [5, 5.41) is 8.92. The van der Waals surface area contributed by atoms with Gasteiger partial charge in [0.1, 0.15) is 17.2 Å². The van der Waals surface area contributed by atoms with Gasteiger partial charge in [0.15, 0.2) is 11.2 Å². The highest BCUT2D eigenvalue weighted by Crippen LogP contribution is 2.49. The van der Waals surface area contributed by atoms with Gasteiger partial charge in [-0.15, -0.1) is 0 Å². The van der Waals surface area contributed by atoms with Crippen LogP contribution in [-0.4, -0.2) is 84.1 Å². The molecule has 40 heavy (non-hydrogen) atoms. The average Bonchev–Trinajstić information content (AvgIpc) is 3.36. The quantitative estimate of drug-likeness (QED) is 0.441. The van der Waals surface area contributed by atoms with Crippen LogP contribution in [0.1, 0.15) is 19.4 Å². The van der Waals surface area contributed by atoms with Gasteiger partial charge in [-0.25, -0.2) is 19.2 Å². The van der Waals surface area contributed by atoms with Crippen LogP contribution in [0.2, 0.25) is 0 Å². The standard InChI is InChI=1S/C26H26FN7O6/c1-12-11-34-20-14(8-26(22(34)13(2)39-12)23(35)30-25(37)31-24(26)36)7-15-19(32-40-21(15)18(20)27)16-9-29-17(10-28-16)33-3-5-38-6-4-33/h7,9-10,12-13,22H,3-6,8,11H2,1-2H3,(H2,30,31,35,36,37)/t12-,13-,22-/m1/s1. The van der Waals surface area contributed by atoms with Gasteiger partial charge >= 0.3 is 6.03 Å². The second-order valence-corrected chi connectivity index (χ2v) is 10.6. The van der Waals surface area contributed by atoms with Gasteiger partial charge in [0.05, 0.1) is 54.9 Å². The third kappa shape index (κ3) is 3.52. The fraction of sp³-hybridized carbons (Fsp3) is 0.462. The first-order chi connectivity index (χ1) is 19.3. The molecule has 1 spiro atoms. The summed E-state index contributed by atoms with van der Waals surface area (Å²) in [5.41, 5.74) is -0.501. The number of aromatic nitrogens is 3. The lowest BCUT2D eigenvalue weighted by Crippen LogP contribution is -2.75. The molecule has 4 aliphatic heterocycles. The summed E-state index contributed by atoms with van der Waals surface area (Å²) in [5.74, 6) is -1.46. The average molecular weight is 552 g/mol. The molecule has 0 unspecified atom stereocenters. The van der Waals surface area contributed by atoms with Gasteiger partial charge < -0.3 is 23.8 Å². The van der Waals surface area contributed by atoms with Crippen LogP contribution >= 0.6 is 0 Å². The summed E-state index contributed by atoms with van der Waals surface area (Å²) in [6, 6.07) is -0.0771. The highest BCUT2D eigenvalue weighted by Gasteiger charge is 2.63. The van der Waals surface area contributed by atoms with E-state index in [0.29, 0.717) is 48.8 Å². The maximum atomic E-state index is 16.3. The van der Waals surface area contributed by atoms with E-state index in [1.807, 2.05) is 6.92 Å². The van der Waals surface area contributed by atoms with Crippen LogP contribution in [0.4, 0.5) is 20.7 Å². The van der Waals surface area contributed by atoms with Crippen LogP contribution in [0.3, 0.4) is 0 Å². The van der Waals surface area contributed by atoms with Crippen LogP contribution in [0.15, 0.2) is 23.0 Å². The number of urea groups is 1. The predicted octanol–water partition coefficient (Wildman–Crippen LogP) is 1.15. The number of halogens is 1. The van der Waals surface area contributed by atoms with Gasteiger partial charge in [-0.05, 0) is 25.5 Å². The minimum Gasteiger partial charge on any atom is -0.378 e. The Hall–Kier alpha value is -4.17. The van der Waals surface area contributed by atoms with Crippen molar-refractivity contribution >= 4 is 40.3 Å². The molecule has 1 aromatic carbocycles. The van der Waals surface area contributed by atoms with Crippen molar-refractivity contribution in [3.8, 4) is 11.4 Å². The summed E-state index contributed by atoms with van der Waals surface area (Å²) in [6.45, 7) is 6.40. The van der Waals surface area contributed by atoms with Crippen molar-refractivity contribution in [3.63, 3.8) is 0 Å². The normalized spacial score (nSPS) is 26.0. The molecule has 4 amide bonds. The Morgan fingerprint density at radius 2 is 1.82 bits per heavy atom. The lowest BCUT2D eigenvalue weighted by Gasteiger charge is -2.55. The molecule has 0 radical (unpaired) electrons. The third-order valence-electron chi connectivity index (χ3n) is 8.18. The van der Waals surface area contributed by atoms with E-state index >= 15 is 4.39 Å². The molecule has 4 aliphatic rings. The van der Waals surface area contributed by atoms with Crippen LogP contribution in [-0.2, 0) is 25.5 Å². The molecule has 3 aromatic rings. The number of morpholine rings is 2. The maximum absolute atomic E-state index is 16.3. The molecule has 2 aromatic heterocycles. The SMILES string of the molecule is C[C@@H]1CN2c3c(cc4c(-c5cnc(N6CCOCC6)cn5)noc4c3F)CC3(C(=O)NC(=O)NC3=O)[C@H]2[C@@H](C)O1. The lowest BCUT2D eigenvalue weighted by atomic mass is 9.66. The number of amides is 4. The molecule has 3 fully saturated rings. The van der Waals surface area contributed by atoms with Crippen molar-refractivity contribution in [2.24, 2.45) is 5.41 Å². The number of fused-ring (bicyclic) bond motifs is 5. The maximum Gasteiger partial charge on any atom is 0.328 e. The van der Waals surface area contributed by atoms with Crippen molar-refractivity contribution in [3.05, 3.63) is 29.8 Å². The molecule has 14 heteroatoms. The molecular formula is C26H26FN7O6. The number of hydrogen-bond donors (Lipinski definition) is 2. The number of nitrogens with one attached hydrogen (secondary N) is 2. The van der Waals surface area contributed by atoms with Crippen molar-refractivity contribution in [2.45, 2.75) is 38.5 Å². The monoisotopic (exact) mass is 551 g/mol. The van der Waals surface area contributed by atoms with Crippen LogP contribution in [0, 0.1) is 11.2 Å². The lowest BCUT2D eigenvalue weighted by molar-refractivity contribution is -0.153. The number of carbonyl (C=O) groups is 3. The summed E-state index contributed by atoms with van der Waals surface area (Å²) < 4.78 is 33.2. The number of benzene rings is 1. The number of hydrogen-bond acceptors (Lipinski definition) is 11. The van der Waals surface area contributed by atoms with Gasteiger partial charge in [-0.2, -0.15) is 0 Å². The number of ether oxygens (including phenoxy) is 2. The summed E-state index contributed by atoms with van der Waals surface area (Å²) in [4.78, 5) is 51.5. The number of carbonyl (C=O) groups excluding carboxylic acids is 3. The zero-order valence-electron chi connectivity index (χ0n) is 21.8. The Morgan fingerprint density at radius 1 is 1.07 bits per heavy atom. The molecule has 3 saturated heterocycles. The minimum atomic E-state index is -1.72. The highest BCUT2D eigenvalue weighted by atomic mass is 19.1. The van der Waals surface area contributed by atoms with Crippen LogP contribution in [0.5, 0.6) is 0 Å². The predicted molar refractivity (Wildman–Crippen MR) is 137 cm³/mol. The topological polar surface area (TPSA) is 152 Å². The van der Waals surface area contributed by atoms with Crippen molar-refractivity contribution in [1.82, 2.24) is 25.8 Å². The van der Waals surface area contributed by atoms with E-state index in [0.717, 1.165) is 0 Å². The Bertz CT molecular complexity index is 1530. The van der Waals surface area contributed by atoms with E-state index in [-0.39, 0.29) is 36.0 Å². The van der Waals surface area contributed by atoms with Gasteiger partial charge in [-0.1, -0.05) is 5.16 Å². The zero-order valence-corrected chi connectivity index (χ0v) is 21.8. The number of rotatable bonds is 2. The summed E-state index contributed by atoms with van der Waals surface area (Å²) >= 11 is 0. The van der Waals surface area contributed by atoms with Gasteiger partial charge in [0.25, 0.3) is 0 Å². The Balaban J connectivity index is 1.35. The zero-order chi connectivity index (χ0) is 27.8. The first-order valence-corrected chi connectivity index (χ1v) is 13.1. The van der Waals surface area contributed by atoms with Crippen LogP contribution in [0.25, 0.3) is 22.4 Å². The van der Waals surface area contributed by atoms with E-state index in [1.165, 1.54) is 0 Å². The molecule has 208 valence electrons. The number of anilines is 2. The molecule has 0 saturated carbocycles. The van der Waals surface area contributed by atoms with E-state index in [9.17, 15) is 14.4 Å². The largest absolute Gasteiger partial charge is 0.378 e. The first-order valence-electron chi connectivity index (χ1n) is 13.1. The fourth-order valence-electron chi connectivity index (χ4n) is 6.53. The fourth-order valence-corrected chi connectivity index (χ4v) is 6.53. The molecule has 0 aliphatic carbocycles. The second-order valence-electron chi connectivity index (χ2n) is 10.6. The summed E-state index contributed by atoms with van der Waals surface area (Å²) in [6.07, 6.45) is 2.08.